The molecule has 7 heteroatoms. The molecule has 0 saturated heterocycles. The molecule has 0 heterocycles. The van der Waals surface area contributed by atoms with Gasteiger partial charge in [0, 0.05) is 5.71 Å². The molecule has 0 unspecified atom stereocenters. The van der Waals surface area contributed by atoms with Crippen molar-refractivity contribution < 1.29 is 33.4 Å². The van der Waals surface area contributed by atoms with E-state index in [0.29, 0.717) is 31.2 Å². The van der Waals surface area contributed by atoms with E-state index >= 15 is 0 Å². The first-order chi connectivity index (χ1) is 7.59. The predicted molar refractivity (Wildman–Crippen MR) is 67.6 cm³/mol. The first kappa shape index (κ1) is 22.5. The molecule has 102 valence electrons. The van der Waals surface area contributed by atoms with Crippen LogP contribution in [0.2, 0.25) is 0 Å². The zero-order chi connectivity index (χ0) is 12.6. The Bertz CT molecular complexity index is 407. The zero-order valence-electron chi connectivity index (χ0n) is 9.78. The van der Waals surface area contributed by atoms with E-state index in [1.165, 1.54) is 19.1 Å². The second kappa shape index (κ2) is 12.7. The van der Waals surface area contributed by atoms with E-state index in [2.05, 4.69) is 4.99 Å². The van der Waals surface area contributed by atoms with Crippen LogP contribution in [0.15, 0.2) is 41.1 Å². The number of rotatable bonds is 2. The van der Waals surface area contributed by atoms with Crippen molar-refractivity contribution in [2.75, 3.05) is 0 Å². The van der Waals surface area contributed by atoms with E-state index in [-0.39, 0.29) is 36.3 Å². The van der Waals surface area contributed by atoms with E-state index in [1.54, 1.807) is 25.1 Å². The third kappa shape index (κ3) is 9.34. The van der Waals surface area contributed by atoms with Gasteiger partial charge in [0.25, 0.3) is 0 Å². The van der Waals surface area contributed by atoms with E-state index in [4.69, 9.17) is 3.40 Å². The zero-order valence-corrected chi connectivity index (χ0v) is 14.3. The molecule has 0 bridgehead atoms. The molecule has 4 nitrogen and oxygen atoms in total. The molecule has 0 aliphatic rings. The van der Waals surface area contributed by atoms with Crippen molar-refractivity contribution in [1.29, 1.82) is 0 Å². The van der Waals surface area contributed by atoms with Gasteiger partial charge >= 0.3 is 23.2 Å². The summed E-state index contributed by atoms with van der Waals surface area (Å²) >= 11 is 0.333. The molecule has 1 aromatic carbocycles. The Balaban J connectivity index is -0.000000534. The van der Waals surface area contributed by atoms with Crippen LogP contribution in [0.5, 0.6) is 5.75 Å². The fourth-order valence-corrected chi connectivity index (χ4v) is 1.07. The fourth-order valence-electron chi connectivity index (χ4n) is 1.07. The summed E-state index contributed by atoms with van der Waals surface area (Å²) in [6, 6.07) is 6.46. The topological polar surface area (TPSA) is 75.6 Å². The number of benzene rings is 1. The van der Waals surface area contributed by atoms with Gasteiger partial charge in [0.1, 0.15) is 0 Å². The van der Waals surface area contributed by atoms with Crippen molar-refractivity contribution in [2.45, 2.75) is 13.8 Å². The number of allylic oxidation sites excluding steroid dienone is 2. The number of halogens is 2. The first-order valence-electron chi connectivity index (χ1n) is 4.43. The number of aliphatic imine (C=N–C) groups is 1. The summed E-state index contributed by atoms with van der Waals surface area (Å²) in [6.45, 7) is 3.13. The van der Waals surface area contributed by atoms with Gasteiger partial charge in [-0.2, -0.15) is 0 Å². The molecular formula is C11H13Cl2NO3W-2. The third-order valence-corrected chi connectivity index (χ3v) is 1.57. The molecule has 0 aliphatic carbocycles. The molecule has 0 aromatic heterocycles. The van der Waals surface area contributed by atoms with E-state index in [1.807, 2.05) is 0 Å². The molecule has 0 fully saturated rings. The Kier molecular flexibility index (Phi) is 15.9. The van der Waals surface area contributed by atoms with Crippen molar-refractivity contribution in [2.24, 2.45) is 4.99 Å². The van der Waals surface area contributed by atoms with E-state index in [0.717, 1.165) is 0 Å². The van der Waals surface area contributed by atoms with E-state index in [9.17, 15) is 10.2 Å². The van der Waals surface area contributed by atoms with Gasteiger partial charge in [-0.1, -0.05) is 36.9 Å². The molecule has 1 aromatic rings. The summed E-state index contributed by atoms with van der Waals surface area (Å²) in [6.07, 6.45) is 1.40. The normalized spacial score (nSPS) is 10.3. The van der Waals surface area contributed by atoms with Gasteiger partial charge < -0.3 is 10.2 Å². The van der Waals surface area contributed by atoms with Gasteiger partial charge in [-0.05, 0) is 13.0 Å². The Hall–Kier alpha value is -0.702. The SMILES string of the molecule is CC(/C=C(/C)[O-])=Nc1ccccc1[O-].Cl.Cl.[O]=[W]. The molecule has 0 N–H and O–H groups in total. The summed E-state index contributed by atoms with van der Waals surface area (Å²) < 4.78 is 8.33. The van der Waals surface area contributed by atoms with Crippen LogP contribution in [0.25, 0.3) is 0 Å². The maximum atomic E-state index is 11.2. The summed E-state index contributed by atoms with van der Waals surface area (Å²) in [7, 11) is 0. The van der Waals surface area contributed by atoms with Crippen molar-refractivity contribution in [3.8, 4) is 5.75 Å². The van der Waals surface area contributed by atoms with Crippen molar-refractivity contribution in [1.82, 2.24) is 0 Å². The van der Waals surface area contributed by atoms with Crippen LogP contribution < -0.4 is 10.2 Å². The second-order valence-electron chi connectivity index (χ2n) is 2.98. The molecule has 1 rings (SSSR count). The average molecular weight is 462 g/mol. The third-order valence-electron chi connectivity index (χ3n) is 1.57. The van der Waals surface area contributed by atoms with Gasteiger partial charge in [0.05, 0.1) is 5.69 Å². The quantitative estimate of drug-likeness (QED) is 0.498. The second-order valence-corrected chi connectivity index (χ2v) is 2.98. The molecule has 0 spiro atoms. The van der Waals surface area contributed by atoms with Gasteiger partial charge in [-0.15, -0.1) is 30.6 Å². The van der Waals surface area contributed by atoms with Crippen LogP contribution in [0.1, 0.15) is 13.8 Å². The summed E-state index contributed by atoms with van der Waals surface area (Å²) in [5.41, 5.74) is 0.906. The summed E-state index contributed by atoms with van der Waals surface area (Å²) in [4.78, 5) is 4.03. The molecule has 0 atom stereocenters. The summed E-state index contributed by atoms with van der Waals surface area (Å²) in [5, 5.41) is 21.9. The molecule has 0 amide bonds. The first-order valence-corrected chi connectivity index (χ1v) is 5.62. The van der Waals surface area contributed by atoms with Crippen LogP contribution in [-0.4, -0.2) is 5.71 Å². The maximum absolute atomic E-state index is 11.2. The average Bonchev–Trinajstić information content (AvgIpc) is 2.23. The number of nitrogens with zero attached hydrogens (tertiary/aromatic N) is 1. The minimum atomic E-state index is -0.135. The van der Waals surface area contributed by atoms with Crippen molar-refractivity contribution in [3.63, 3.8) is 0 Å². The fraction of sp³-hybridized carbons (Fsp3) is 0.182. The standard InChI is InChI=1S/C11H13NO2.2ClH.O.W/c1-8(7-9(2)13)12-10-5-3-4-6-11(10)14;;;;/h3-7,13-14H,1-2H3;2*1H;;/p-2/b9-7-,12-8?;;;;. The van der Waals surface area contributed by atoms with Crippen LogP contribution in [0.4, 0.5) is 5.69 Å². The minimum absolute atomic E-state index is 0. The van der Waals surface area contributed by atoms with Gasteiger partial charge in [-0.3, -0.25) is 4.99 Å². The van der Waals surface area contributed by atoms with Crippen LogP contribution in [0.3, 0.4) is 0 Å². The number of hydrogen-bond donors (Lipinski definition) is 0. The Morgan fingerprint density at radius 2 is 1.72 bits per heavy atom. The van der Waals surface area contributed by atoms with E-state index < -0.39 is 0 Å². The Labute approximate surface area is 130 Å². The van der Waals surface area contributed by atoms with Gasteiger partial charge in [0.2, 0.25) is 0 Å². The monoisotopic (exact) mass is 461 g/mol. The summed E-state index contributed by atoms with van der Waals surface area (Å²) in [5.74, 6) is -0.210. The number of para-hydroxylation sites is 2. The van der Waals surface area contributed by atoms with Crippen LogP contribution in [-0.2, 0) is 23.2 Å². The molecular weight excluding hydrogens is 449 g/mol. The number of hydrogen-bond acceptors (Lipinski definition) is 4. The van der Waals surface area contributed by atoms with Crippen molar-refractivity contribution in [3.05, 3.63) is 36.1 Å². The Morgan fingerprint density at radius 1 is 1.22 bits per heavy atom. The predicted octanol–water partition coefficient (Wildman–Crippen LogP) is 1.84. The molecule has 18 heavy (non-hydrogen) atoms. The van der Waals surface area contributed by atoms with Crippen molar-refractivity contribution >= 4 is 36.2 Å². The molecule has 0 radical (unpaired) electrons. The molecule has 0 aliphatic heterocycles. The van der Waals surface area contributed by atoms with Crippen LogP contribution in [0, 0.1) is 0 Å². The van der Waals surface area contributed by atoms with Gasteiger partial charge in [0.15, 0.2) is 0 Å². The van der Waals surface area contributed by atoms with Gasteiger partial charge in [-0.25, -0.2) is 0 Å². The molecule has 0 saturated carbocycles. The Morgan fingerprint density at radius 3 is 2.17 bits per heavy atom. The van der Waals surface area contributed by atoms with Crippen LogP contribution >= 0.6 is 24.8 Å².